The topological polar surface area (TPSA) is 81.2 Å². The second kappa shape index (κ2) is 7.33. The van der Waals surface area contributed by atoms with E-state index < -0.39 is 5.97 Å². The molecule has 0 aliphatic carbocycles. The number of amides is 1. The first kappa shape index (κ1) is 16.3. The van der Waals surface area contributed by atoms with Crippen LogP contribution in [0, 0.1) is 0 Å². The standard InChI is InChI=1S/C16H13N3O3S2/c1-22-15(21)12-8-17-16(24-12)19-13(20)7-11-9-23-14(18-11)10-5-3-2-4-6-10/h2-6,8-9H,7H2,1H3,(H,17,19,20). The highest BCUT2D eigenvalue weighted by atomic mass is 32.1. The Bertz CT molecular complexity index is 858. The SMILES string of the molecule is COC(=O)c1cnc(NC(=O)Cc2csc(-c3ccccc3)n2)s1. The van der Waals surface area contributed by atoms with Crippen molar-refractivity contribution in [2.75, 3.05) is 12.4 Å². The summed E-state index contributed by atoms with van der Waals surface area (Å²) in [7, 11) is 1.30. The molecule has 0 unspecified atom stereocenters. The van der Waals surface area contributed by atoms with Crippen LogP contribution in [-0.2, 0) is 16.0 Å². The number of hydrogen-bond donors (Lipinski definition) is 1. The molecule has 1 N–H and O–H groups in total. The number of carbonyl (C=O) groups excluding carboxylic acids is 2. The molecule has 3 aromatic rings. The van der Waals surface area contributed by atoms with Crippen molar-refractivity contribution in [1.29, 1.82) is 0 Å². The van der Waals surface area contributed by atoms with E-state index >= 15 is 0 Å². The van der Waals surface area contributed by atoms with Gasteiger partial charge >= 0.3 is 5.97 Å². The molecular formula is C16H13N3O3S2. The van der Waals surface area contributed by atoms with Crippen LogP contribution in [0.5, 0.6) is 0 Å². The Kier molecular flexibility index (Phi) is 4.97. The van der Waals surface area contributed by atoms with Crippen LogP contribution < -0.4 is 5.32 Å². The molecule has 122 valence electrons. The average molecular weight is 359 g/mol. The van der Waals surface area contributed by atoms with Crippen LogP contribution in [0.3, 0.4) is 0 Å². The fourth-order valence-electron chi connectivity index (χ4n) is 1.96. The third-order valence-corrected chi connectivity index (χ3v) is 4.89. The monoisotopic (exact) mass is 359 g/mol. The molecule has 2 heterocycles. The minimum Gasteiger partial charge on any atom is -0.465 e. The van der Waals surface area contributed by atoms with Crippen molar-refractivity contribution in [2.24, 2.45) is 0 Å². The van der Waals surface area contributed by atoms with Gasteiger partial charge in [-0.05, 0) is 0 Å². The lowest BCUT2D eigenvalue weighted by Crippen LogP contribution is -2.14. The van der Waals surface area contributed by atoms with Crippen LogP contribution in [0.4, 0.5) is 5.13 Å². The van der Waals surface area contributed by atoms with E-state index in [1.165, 1.54) is 24.6 Å². The van der Waals surface area contributed by atoms with Gasteiger partial charge in [-0.15, -0.1) is 11.3 Å². The average Bonchev–Trinajstić information content (AvgIpc) is 3.24. The lowest BCUT2D eigenvalue weighted by molar-refractivity contribution is -0.115. The van der Waals surface area contributed by atoms with Gasteiger partial charge in [-0.2, -0.15) is 0 Å². The third-order valence-electron chi connectivity index (χ3n) is 3.05. The zero-order valence-corrected chi connectivity index (χ0v) is 14.3. The summed E-state index contributed by atoms with van der Waals surface area (Å²) < 4.78 is 4.61. The Hall–Kier alpha value is -2.58. The van der Waals surface area contributed by atoms with Crippen LogP contribution >= 0.6 is 22.7 Å². The number of thiazole rings is 2. The van der Waals surface area contributed by atoms with Gasteiger partial charge in [0.1, 0.15) is 9.88 Å². The number of carbonyl (C=O) groups is 2. The van der Waals surface area contributed by atoms with Gasteiger partial charge in [0.25, 0.3) is 0 Å². The van der Waals surface area contributed by atoms with Crippen molar-refractivity contribution in [3.8, 4) is 10.6 Å². The first-order chi connectivity index (χ1) is 11.7. The zero-order chi connectivity index (χ0) is 16.9. The van der Waals surface area contributed by atoms with Crippen molar-refractivity contribution >= 4 is 39.7 Å². The lowest BCUT2D eigenvalue weighted by atomic mass is 10.2. The van der Waals surface area contributed by atoms with Crippen molar-refractivity contribution < 1.29 is 14.3 Å². The van der Waals surface area contributed by atoms with E-state index in [-0.39, 0.29) is 12.3 Å². The molecule has 0 aliphatic heterocycles. The summed E-state index contributed by atoms with van der Waals surface area (Å²) in [6, 6.07) is 9.80. The smallest absolute Gasteiger partial charge is 0.349 e. The second-order valence-corrected chi connectivity index (χ2v) is 6.64. The van der Waals surface area contributed by atoms with E-state index in [1.807, 2.05) is 35.7 Å². The summed E-state index contributed by atoms with van der Waals surface area (Å²) in [5, 5.41) is 5.76. The summed E-state index contributed by atoms with van der Waals surface area (Å²) in [6.07, 6.45) is 1.53. The predicted octanol–water partition coefficient (Wildman–Crippen LogP) is 3.23. The number of rotatable bonds is 5. The quantitative estimate of drug-likeness (QED) is 0.707. The molecule has 0 bridgehead atoms. The summed E-state index contributed by atoms with van der Waals surface area (Å²) in [5.41, 5.74) is 1.72. The Morgan fingerprint density at radius 2 is 2.04 bits per heavy atom. The molecule has 0 saturated carbocycles. The fraction of sp³-hybridized carbons (Fsp3) is 0.125. The Balaban J connectivity index is 1.62. The second-order valence-electron chi connectivity index (χ2n) is 4.76. The van der Waals surface area contributed by atoms with E-state index in [9.17, 15) is 9.59 Å². The molecule has 0 atom stereocenters. The zero-order valence-electron chi connectivity index (χ0n) is 12.7. The highest BCUT2D eigenvalue weighted by molar-refractivity contribution is 7.17. The number of ether oxygens (including phenoxy) is 1. The Morgan fingerprint density at radius 1 is 1.25 bits per heavy atom. The van der Waals surface area contributed by atoms with Gasteiger partial charge < -0.3 is 10.1 Å². The van der Waals surface area contributed by atoms with Crippen molar-refractivity contribution in [1.82, 2.24) is 9.97 Å². The molecule has 1 amide bonds. The Labute approximate surface area is 146 Å². The summed E-state index contributed by atoms with van der Waals surface area (Å²) >= 11 is 2.57. The lowest BCUT2D eigenvalue weighted by Gasteiger charge is -1.99. The first-order valence-corrected chi connectivity index (χ1v) is 8.69. The maximum atomic E-state index is 12.1. The molecule has 0 aliphatic rings. The van der Waals surface area contributed by atoms with Crippen LogP contribution in [0.25, 0.3) is 10.6 Å². The molecular weight excluding hydrogens is 346 g/mol. The molecule has 0 radical (unpaired) electrons. The van der Waals surface area contributed by atoms with Crippen LogP contribution in [0.1, 0.15) is 15.4 Å². The van der Waals surface area contributed by atoms with Gasteiger partial charge in [0, 0.05) is 10.9 Å². The van der Waals surface area contributed by atoms with Gasteiger partial charge in [0.05, 0.1) is 25.4 Å². The molecule has 2 aromatic heterocycles. The summed E-state index contributed by atoms with van der Waals surface area (Å²) in [6.45, 7) is 0. The van der Waals surface area contributed by atoms with Crippen molar-refractivity contribution in [3.05, 3.63) is 52.5 Å². The van der Waals surface area contributed by atoms with Crippen molar-refractivity contribution in [2.45, 2.75) is 6.42 Å². The highest BCUT2D eigenvalue weighted by Gasteiger charge is 2.14. The molecule has 24 heavy (non-hydrogen) atoms. The van der Waals surface area contributed by atoms with Gasteiger partial charge in [-0.25, -0.2) is 14.8 Å². The highest BCUT2D eigenvalue weighted by Crippen LogP contribution is 2.24. The van der Waals surface area contributed by atoms with Crippen molar-refractivity contribution in [3.63, 3.8) is 0 Å². The summed E-state index contributed by atoms with van der Waals surface area (Å²) in [5.74, 6) is -0.703. The number of esters is 1. The van der Waals surface area contributed by atoms with Gasteiger partial charge in [0.15, 0.2) is 5.13 Å². The van der Waals surface area contributed by atoms with Gasteiger partial charge in [-0.1, -0.05) is 41.7 Å². The van der Waals surface area contributed by atoms with Gasteiger partial charge in [-0.3, -0.25) is 4.79 Å². The number of nitrogens with one attached hydrogen (secondary N) is 1. The number of methoxy groups -OCH3 is 1. The van der Waals surface area contributed by atoms with Crippen LogP contribution in [-0.4, -0.2) is 29.0 Å². The molecule has 8 heteroatoms. The molecule has 0 spiro atoms. The summed E-state index contributed by atoms with van der Waals surface area (Å²) in [4.78, 5) is 32.3. The molecule has 3 rings (SSSR count). The molecule has 1 aromatic carbocycles. The normalized spacial score (nSPS) is 10.4. The van der Waals surface area contributed by atoms with Gasteiger partial charge in [0.2, 0.25) is 5.91 Å². The maximum absolute atomic E-state index is 12.1. The largest absolute Gasteiger partial charge is 0.465 e. The number of benzene rings is 1. The van der Waals surface area contributed by atoms with E-state index in [4.69, 9.17) is 0 Å². The first-order valence-electron chi connectivity index (χ1n) is 6.99. The molecule has 0 saturated heterocycles. The maximum Gasteiger partial charge on any atom is 0.349 e. The fourth-order valence-corrected chi connectivity index (χ4v) is 3.53. The minimum atomic E-state index is -0.472. The number of anilines is 1. The van der Waals surface area contributed by atoms with E-state index in [0.29, 0.717) is 15.7 Å². The van der Waals surface area contributed by atoms with Crippen LogP contribution in [0.15, 0.2) is 41.9 Å². The Morgan fingerprint density at radius 3 is 2.79 bits per heavy atom. The number of aromatic nitrogens is 2. The molecule has 6 nitrogen and oxygen atoms in total. The number of hydrogen-bond acceptors (Lipinski definition) is 7. The predicted molar refractivity (Wildman–Crippen MR) is 93.3 cm³/mol. The van der Waals surface area contributed by atoms with Crippen LogP contribution in [0.2, 0.25) is 0 Å². The molecule has 0 fully saturated rings. The van der Waals surface area contributed by atoms with E-state index in [0.717, 1.165) is 21.9 Å². The van der Waals surface area contributed by atoms with E-state index in [1.54, 1.807) is 0 Å². The minimum absolute atomic E-state index is 0.149. The van der Waals surface area contributed by atoms with E-state index in [2.05, 4.69) is 20.0 Å². The third kappa shape index (κ3) is 3.84. The number of nitrogens with zero attached hydrogens (tertiary/aromatic N) is 2.